The largest absolute Gasteiger partial charge is 0.312 e. The van der Waals surface area contributed by atoms with E-state index in [9.17, 15) is 0 Å². The monoisotopic (exact) mass is 892 g/mol. The SMILES string of the molecule is [B][B]B([B])B(B(B([B])[B])B([B])[B])c1c(B(B([B])B([B])[B])B(B([B])[B])B([B])[B])c(B(B([B][B])B([B])[B])B(B([B])[B])B([B])[B])c2cc3c4c(C#CC)c(C#C)c(C)c5c(C)c(C)n(c3cc2c1B(B([B])[B])B(B([B])[B])B([B])[B])c54. The molecule has 54 radical (unpaired) electrons. The third kappa shape index (κ3) is 12.6. The minimum absolute atomic E-state index is 0.141. The van der Waals surface area contributed by atoms with Crippen molar-refractivity contribution >= 4 is 416 Å². The van der Waals surface area contributed by atoms with E-state index >= 15 is 0 Å². The molecule has 0 unspecified atom stereocenters. The van der Waals surface area contributed by atoms with Crippen LogP contribution in [0.1, 0.15) is 34.9 Å². The number of aryl methyl sites for hydroxylation is 3. The van der Waals surface area contributed by atoms with E-state index in [4.69, 9.17) is 208 Å². The Hall–Kier alpha value is -0.173. The van der Waals surface area contributed by atoms with E-state index in [0.29, 0.717) is 38.2 Å². The Morgan fingerprint density at radius 2 is 0.870 bits per heavy atom. The van der Waals surface area contributed by atoms with Crippen molar-refractivity contribution in [3.8, 4) is 24.2 Å². The maximum absolute atomic E-state index is 7.39. The van der Waals surface area contributed by atoms with Crippen LogP contribution >= 0.6 is 0 Å². The van der Waals surface area contributed by atoms with Crippen LogP contribution in [0, 0.1) is 45.0 Å². The Bertz CT molecular complexity index is 2910. The summed E-state index contributed by atoms with van der Waals surface area (Å²) in [6.07, 6.45) is -17.6. The van der Waals surface area contributed by atoms with Gasteiger partial charge in [-0.3, -0.25) is 0 Å². The fraction of sp³-hybridized carbons (Fsp3) is 0.154. The lowest BCUT2D eigenvalue weighted by atomic mass is 8.49. The van der Waals surface area contributed by atoms with Crippen LogP contribution in [0.25, 0.3) is 38.0 Å². The highest BCUT2D eigenvalue weighted by Crippen LogP contribution is 2.43. The zero-order valence-corrected chi connectivity index (χ0v) is 44.5. The first-order chi connectivity index (χ1) is 35.8. The summed E-state index contributed by atoms with van der Waals surface area (Å²) >= 11 is 0. The molecule has 0 aliphatic carbocycles. The number of terminal acetylenes is 1. The molecule has 0 N–H and O–H groups in total. The van der Waals surface area contributed by atoms with Gasteiger partial charge in [-0.15, -0.1) is 23.3 Å². The zero-order chi connectivity index (χ0) is 58.5. The number of hydrogen-bond donors (Lipinski definition) is 0. The molecule has 0 saturated heterocycles. The van der Waals surface area contributed by atoms with Crippen molar-refractivity contribution in [2.45, 2.75) is 27.7 Å². The predicted octanol–water partition coefficient (Wildman–Crippen LogP) is -16.2. The van der Waals surface area contributed by atoms with E-state index in [0.717, 1.165) is 27.7 Å². The molecule has 77 heavy (non-hydrogen) atoms. The van der Waals surface area contributed by atoms with Gasteiger partial charge < -0.3 is 4.40 Å². The maximum Gasteiger partial charge on any atom is 0.0804 e. The standard InChI is InChI=1S/C26H15B50N/c1-6-8-15-14(7-2)12(4)20-11(3)13(5)77-19-10-17-16(9-18(19)21(15)26(20)77)23(58(72(54-28)61(33)34)76(68(47)48)69(49)50)25(57(71(52)60(31)32)75(66(43)44)67(45)46)24(56(70(51)53-27)74(64(39)40)65(41)42)22(17)55(59(29)30)73(62(35)36)63(37)38/h2,9-10H,1,3-5H3. The van der Waals surface area contributed by atoms with Gasteiger partial charge in [0.2, 0.25) is 0 Å². The molecule has 0 spiro atoms. The molecule has 0 aliphatic rings. The highest BCUT2D eigenvalue weighted by molar-refractivity contribution is 8.10. The minimum atomic E-state index is -1.44. The number of nitrogens with zero attached hydrogens (tertiary/aromatic N) is 1. The fourth-order valence-corrected chi connectivity index (χ4v) is 12.8. The lowest BCUT2D eigenvalue weighted by Crippen LogP contribution is -2.88. The molecule has 0 aliphatic heterocycles. The van der Waals surface area contributed by atoms with Crippen molar-refractivity contribution in [3.63, 3.8) is 0 Å². The molecule has 0 saturated carbocycles. The smallest absolute Gasteiger partial charge is 0.0804 e. The second-order valence-corrected chi connectivity index (χ2v) is 21.0. The summed E-state index contributed by atoms with van der Waals surface area (Å²) in [5.74, 6) is 9.32. The maximum atomic E-state index is 7.39. The van der Waals surface area contributed by atoms with Crippen molar-refractivity contribution in [3.05, 3.63) is 40.1 Å². The van der Waals surface area contributed by atoms with Crippen molar-refractivity contribution in [2.24, 2.45) is 0 Å². The van der Waals surface area contributed by atoms with Crippen LogP contribution in [0.15, 0.2) is 12.1 Å². The van der Waals surface area contributed by atoms with Crippen LogP contribution < -0.4 is 21.9 Å². The lowest BCUT2D eigenvalue weighted by Gasteiger charge is -2.48. The fourth-order valence-electron chi connectivity index (χ4n) is 12.8. The predicted molar refractivity (Wildman–Crippen MR) is 402 cm³/mol. The molecule has 274 valence electrons. The third-order valence-corrected chi connectivity index (χ3v) is 16.2. The molecule has 3 aromatic carbocycles. The van der Waals surface area contributed by atoms with E-state index < -0.39 is 141 Å². The molecule has 2 heterocycles. The first kappa shape index (κ1) is 67.6. The van der Waals surface area contributed by atoms with Crippen LogP contribution in [0.3, 0.4) is 0 Å². The van der Waals surface area contributed by atoms with Crippen molar-refractivity contribution in [1.82, 2.24) is 4.40 Å². The Labute approximate surface area is 508 Å². The Morgan fingerprint density at radius 1 is 0.442 bits per heavy atom. The van der Waals surface area contributed by atoms with Gasteiger partial charge in [-0.25, -0.2) is 0 Å². The third-order valence-electron chi connectivity index (χ3n) is 16.2. The summed E-state index contributed by atoms with van der Waals surface area (Å²) in [7, 11) is 180. The number of fused-ring (bicyclic) bond motifs is 4. The summed E-state index contributed by atoms with van der Waals surface area (Å²) in [5, 5.41) is 2.92. The zero-order valence-electron chi connectivity index (χ0n) is 44.5. The Kier molecular flexibility index (Phi) is 24.3. The molecule has 0 atom stereocenters. The van der Waals surface area contributed by atoms with Gasteiger partial charge in [0.05, 0.1) is 42.6 Å². The lowest BCUT2D eigenvalue weighted by molar-refractivity contribution is 1.16. The van der Waals surface area contributed by atoms with Gasteiger partial charge in [0.1, 0.15) is 0 Å². The number of rotatable bonds is 24. The molecule has 2 aromatic heterocycles. The van der Waals surface area contributed by atoms with E-state index in [2.05, 4.69) is 22.2 Å². The molecule has 1 nitrogen and oxygen atoms in total. The van der Waals surface area contributed by atoms with Crippen molar-refractivity contribution in [1.29, 1.82) is 0 Å². The number of benzene rings is 3. The molecular weight excluding hydrogens is 867 g/mol. The van der Waals surface area contributed by atoms with E-state index in [1.54, 1.807) is 6.92 Å². The van der Waals surface area contributed by atoms with Gasteiger partial charge in [0.15, 0.2) is 0 Å². The second-order valence-electron chi connectivity index (χ2n) is 21.0. The molecular formula is C26H15B50N. The van der Waals surface area contributed by atoms with Crippen LogP contribution in [0.5, 0.6) is 0 Å². The van der Waals surface area contributed by atoms with Crippen molar-refractivity contribution in [2.75, 3.05) is 0 Å². The topological polar surface area (TPSA) is 4.41 Å². The van der Waals surface area contributed by atoms with Gasteiger partial charge in [0.25, 0.3) is 0 Å². The van der Waals surface area contributed by atoms with Gasteiger partial charge in [-0.05, 0) is 61.7 Å². The van der Waals surface area contributed by atoms with Crippen LogP contribution in [0.2, 0.25) is 0 Å². The van der Waals surface area contributed by atoms with Gasteiger partial charge >= 0.3 is 0 Å². The van der Waals surface area contributed by atoms with Gasteiger partial charge in [-0.1, -0.05) is 22.8 Å². The molecule has 0 amide bonds. The molecule has 0 fully saturated rings. The summed E-state index contributed by atoms with van der Waals surface area (Å²) in [6, 6.07) is 3.84. The first-order valence-corrected chi connectivity index (χ1v) is 25.4. The molecule has 5 aromatic rings. The van der Waals surface area contributed by atoms with E-state index in [1.165, 1.54) is 14.1 Å². The minimum Gasteiger partial charge on any atom is -0.312 e. The summed E-state index contributed by atoms with van der Waals surface area (Å²) in [4.78, 5) is 0. The summed E-state index contributed by atoms with van der Waals surface area (Å²) in [6.45, 7) is 2.37. The normalized spacial score (nSPS) is 10.5. The van der Waals surface area contributed by atoms with Crippen molar-refractivity contribution < 1.29 is 0 Å². The number of hydrogen-bond acceptors (Lipinski definition) is 0. The van der Waals surface area contributed by atoms with Crippen LogP contribution in [-0.2, 0) is 0 Å². The quantitative estimate of drug-likeness (QED) is 0.0430. The Morgan fingerprint density at radius 3 is 1.27 bits per heavy atom. The highest BCUT2D eigenvalue weighted by Gasteiger charge is 2.51. The molecule has 5 rings (SSSR count). The molecule has 0 bridgehead atoms. The average Bonchev–Trinajstić information content (AvgIpc) is 3.80. The van der Waals surface area contributed by atoms with Crippen LogP contribution in [-0.4, -0.2) is 361 Å². The van der Waals surface area contributed by atoms with E-state index in [-0.39, 0.29) is 21.9 Å². The Balaban J connectivity index is 2.60. The average molecular weight is 882 g/mol. The van der Waals surface area contributed by atoms with Crippen LogP contribution in [0.4, 0.5) is 0 Å². The van der Waals surface area contributed by atoms with E-state index in [1.807, 2.05) is 32.9 Å². The highest BCUT2D eigenvalue weighted by atomic mass is 14.9. The van der Waals surface area contributed by atoms with Gasteiger partial charge in [-0.2, -0.15) is 0 Å². The van der Waals surface area contributed by atoms with Gasteiger partial charge in [0, 0.05) is 358 Å². The number of aromatic nitrogens is 1. The molecule has 51 heteroatoms. The first-order valence-electron chi connectivity index (χ1n) is 25.4. The summed E-state index contributed by atoms with van der Waals surface area (Å²) in [5.41, 5.74) is 6.01. The summed E-state index contributed by atoms with van der Waals surface area (Å²) < 4.78 is 2.12. The second kappa shape index (κ2) is 27.7.